The Bertz CT molecular complexity index is 465. The van der Waals surface area contributed by atoms with Gasteiger partial charge in [-0.3, -0.25) is 0 Å². The molecule has 0 radical (unpaired) electrons. The summed E-state index contributed by atoms with van der Waals surface area (Å²) in [4.78, 5) is 0. The van der Waals surface area contributed by atoms with Crippen molar-refractivity contribution in [1.29, 1.82) is 0 Å². The first kappa shape index (κ1) is 14.1. The summed E-state index contributed by atoms with van der Waals surface area (Å²) in [5.41, 5.74) is 10.1. The van der Waals surface area contributed by atoms with Crippen molar-refractivity contribution in [3.8, 4) is 5.75 Å². The van der Waals surface area contributed by atoms with Crippen LogP contribution >= 0.6 is 0 Å². The van der Waals surface area contributed by atoms with Crippen LogP contribution in [0, 0.1) is 13.8 Å². The van der Waals surface area contributed by atoms with Crippen LogP contribution in [0.25, 0.3) is 0 Å². The minimum absolute atomic E-state index is 0.368. The number of para-hydroxylation sites is 1. The number of hydrogen-bond donors (Lipinski definition) is 2. The van der Waals surface area contributed by atoms with Gasteiger partial charge in [0.15, 0.2) is 0 Å². The fourth-order valence-electron chi connectivity index (χ4n) is 1.77. The molecule has 2 aromatic rings. The lowest BCUT2D eigenvalue weighted by molar-refractivity contribution is 0.471. The van der Waals surface area contributed by atoms with Crippen molar-refractivity contribution in [2.75, 3.05) is 5.73 Å². The van der Waals surface area contributed by atoms with Crippen molar-refractivity contribution < 1.29 is 5.11 Å². The van der Waals surface area contributed by atoms with Gasteiger partial charge in [0.2, 0.25) is 0 Å². The highest BCUT2D eigenvalue weighted by molar-refractivity contribution is 5.50. The van der Waals surface area contributed by atoms with Crippen molar-refractivity contribution in [3.05, 3.63) is 59.2 Å². The quantitative estimate of drug-likeness (QED) is 0.747. The standard InChI is InChI=1S/C9H13N.C7H8O/c1-3-8-7(2)5-4-6-9(8)10;1-6-4-2-3-5-7(6)8/h4-6H,3,10H2,1-2H3;2-5,8H,1H3. The summed E-state index contributed by atoms with van der Waals surface area (Å²) in [6.45, 7) is 6.09. The summed E-state index contributed by atoms with van der Waals surface area (Å²) in [6, 6.07) is 13.3. The Morgan fingerprint density at radius 1 is 0.944 bits per heavy atom. The number of aryl methyl sites for hydroxylation is 2. The van der Waals surface area contributed by atoms with Crippen molar-refractivity contribution in [2.45, 2.75) is 27.2 Å². The Morgan fingerprint density at radius 3 is 1.94 bits per heavy atom. The van der Waals surface area contributed by atoms with E-state index in [9.17, 15) is 0 Å². The number of phenolic OH excluding ortho intramolecular Hbond substituents is 1. The first-order chi connectivity index (χ1) is 8.56. The topological polar surface area (TPSA) is 46.2 Å². The predicted octanol–water partition coefficient (Wildman–Crippen LogP) is 3.84. The fraction of sp³-hybridized carbons (Fsp3) is 0.250. The van der Waals surface area contributed by atoms with Crippen LogP contribution < -0.4 is 5.73 Å². The molecule has 18 heavy (non-hydrogen) atoms. The molecule has 2 rings (SSSR count). The molecule has 96 valence electrons. The molecule has 0 spiro atoms. The average molecular weight is 243 g/mol. The van der Waals surface area contributed by atoms with Crippen LogP contribution in [0.5, 0.6) is 5.75 Å². The Morgan fingerprint density at radius 2 is 1.56 bits per heavy atom. The van der Waals surface area contributed by atoms with E-state index in [2.05, 4.69) is 19.9 Å². The molecule has 0 amide bonds. The average Bonchev–Trinajstić information content (AvgIpc) is 2.34. The van der Waals surface area contributed by atoms with Gasteiger partial charge in [-0.1, -0.05) is 37.3 Å². The first-order valence-electron chi connectivity index (χ1n) is 6.14. The maximum Gasteiger partial charge on any atom is 0.118 e. The van der Waals surface area contributed by atoms with Crippen molar-refractivity contribution >= 4 is 5.69 Å². The molecular weight excluding hydrogens is 222 g/mol. The SMILES string of the molecule is CCc1c(C)cccc1N.Cc1ccccc1O. The first-order valence-corrected chi connectivity index (χ1v) is 6.14. The molecular formula is C16H21NO. The molecule has 2 nitrogen and oxygen atoms in total. The predicted molar refractivity (Wildman–Crippen MR) is 77.8 cm³/mol. The summed E-state index contributed by atoms with van der Waals surface area (Å²) in [5, 5.41) is 8.92. The number of benzene rings is 2. The summed E-state index contributed by atoms with van der Waals surface area (Å²) >= 11 is 0. The number of nitrogen functional groups attached to an aromatic ring is 1. The van der Waals surface area contributed by atoms with Gasteiger partial charge < -0.3 is 10.8 Å². The van der Waals surface area contributed by atoms with E-state index >= 15 is 0 Å². The van der Waals surface area contributed by atoms with Gasteiger partial charge in [-0.2, -0.15) is 0 Å². The van der Waals surface area contributed by atoms with E-state index in [1.165, 1.54) is 11.1 Å². The highest BCUT2D eigenvalue weighted by Gasteiger charge is 1.97. The van der Waals surface area contributed by atoms with E-state index < -0.39 is 0 Å². The Balaban J connectivity index is 0.000000184. The van der Waals surface area contributed by atoms with Crippen LogP contribution in [0.4, 0.5) is 5.69 Å². The van der Waals surface area contributed by atoms with Crippen LogP contribution in [-0.2, 0) is 6.42 Å². The zero-order valence-corrected chi connectivity index (χ0v) is 11.3. The van der Waals surface area contributed by atoms with E-state index in [0.717, 1.165) is 17.7 Å². The van der Waals surface area contributed by atoms with Crippen LogP contribution in [0.3, 0.4) is 0 Å². The number of hydrogen-bond acceptors (Lipinski definition) is 2. The Kier molecular flexibility index (Phi) is 5.25. The van der Waals surface area contributed by atoms with Gasteiger partial charge in [0.25, 0.3) is 0 Å². The molecule has 0 fully saturated rings. The molecule has 0 heterocycles. The number of phenols is 1. The molecule has 0 aliphatic rings. The van der Waals surface area contributed by atoms with Crippen LogP contribution in [0.2, 0.25) is 0 Å². The highest BCUT2D eigenvalue weighted by Crippen LogP contribution is 2.15. The lowest BCUT2D eigenvalue weighted by atomic mass is 10.1. The Hall–Kier alpha value is -1.96. The third-order valence-corrected chi connectivity index (χ3v) is 2.92. The number of rotatable bonds is 1. The maximum absolute atomic E-state index is 8.92. The van der Waals surface area contributed by atoms with Crippen molar-refractivity contribution in [3.63, 3.8) is 0 Å². The van der Waals surface area contributed by atoms with Crippen molar-refractivity contribution in [1.82, 2.24) is 0 Å². The summed E-state index contributed by atoms with van der Waals surface area (Å²) in [7, 11) is 0. The zero-order chi connectivity index (χ0) is 13.5. The van der Waals surface area contributed by atoms with Gasteiger partial charge in [-0.25, -0.2) is 0 Å². The molecule has 0 unspecified atom stereocenters. The molecule has 0 atom stereocenters. The molecule has 0 bridgehead atoms. The van der Waals surface area contributed by atoms with Crippen LogP contribution in [0.1, 0.15) is 23.6 Å². The van der Waals surface area contributed by atoms with Crippen LogP contribution in [0.15, 0.2) is 42.5 Å². The van der Waals surface area contributed by atoms with E-state index in [4.69, 9.17) is 10.8 Å². The van der Waals surface area contributed by atoms with E-state index in [0.29, 0.717) is 5.75 Å². The monoisotopic (exact) mass is 243 g/mol. The van der Waals surface area contributed by atoms with Crippen molar-refractivity contribution in [2.24, 2.45) is 0 Å². The molecule has 0 saturated heterocycles. The fourth-order valence-corrected chi connectivity index (χ4v) is 1.77. The molecule has 0 saturated carbocycles. The lowest BCUT2D eigenvalue weighted by Gasteiger charge is -2.04. The normalized spacial score (nSPS) is 9.50. The minimum atomic E-state index is 0.368. The van der Waals surface area contributed by atoms with Gasteiger partial charge in [0.1, 0.15) is 5.75 Å². The summed E-state index contributed by atoms with van der Waals surface area (Å²) in [5.74, 6) is 0.368. The number of nitrogens with two attached hydrogens (primary N) is 1. The second kappa shape index (κ2) is 6.70. The zero-order valence-electron chi connectivity index (χ0n) is 11.3. The summed E-state index contributed by atoms with van der Waals surface area (Å²) in [6.07, 6.45) is 1.03. The lowest BCUT2D eigenvalue weighted by Crippen LogP contribution is -1.94. The second-order valence-corrected chi connectivity index (χ2v) is 4.28. The van der Waals surface area contributed by atoms with E-state index in [1.54, 1.807) is 6.07 Å². The molecule has 0 aliphatic heterocycles. The van der Waals surface area contributed by atoms with E-state index in [1.807, 2.05) is 37.3 Å². The van der Waals surface area contributed by atoms with E-state index in [-0.39, 0.29) is 0 Å². The van der Waals surface area contributed by atoms with Gasteiger partial charge in [0.05, 0.1) is 0 Å². The molecule has 3 N–H and O–H groups in total. The number of aromatic hydroxyl groups is 1. The second-order valence-electron chi connectivity index (χ2n) is 4.28. The summed E-state index contributed by atoms with van der Waals surface area (Å²) < 4.78 is 0. The van der Waals surface area contributed by atoms with Gasteiger partial charge in [-0.15, -0.1) is 0 Å². The third kappa shape index (κ3) is 3.81. The molecule has 2 heteroatoms. The molecule has 0 aliphatic carbocycles. The molecule has 2 aromatic carbocycles. The highest BCUT2D eigenvalue weighted by atomic mass is 16.3. The minimum Gasteiger partial charge on any atom is -0.508 e. The third-order valence-electron chi connectivity index (χ3n) is 2.92. The maximum atomic E-state index is 8.92. The Labute approximate surface area is 109 Å². The largest absolute Gasteiger partial charge is 0.508 e. The van der Waals surface area contributed by atoms with Gasteiger partial charge in [-0.05, 0) is 49.1 Å². The number of anilines is 1. The van der Waals surface area contributed by atoms with Crippen LogP contribution in [-0.4, -0.2) is 5.11 Å². The van der Waals surface area contributed by atoms with Gasteiger partial charge >= 0.3 is 0 Å². The van der Waals surface area contributed by atoms with Gasteiger partial charge in [0, 0.05) is 5.69 Å². The molecule has 0 aromatic heterocycles. The smallest absolute Gasteiger partial charge is 0.118 e.